The molecule has 1 unspecified atom stereocenters. The van der Waals surface area contributed by atoms with Crippen LogP contribution in [0.5, 0.6) is 0 Å². The van der Waals surface area contributed by atoms with Crippen LogP contribution in [0.1, 0.15) is 25.5 Å². The number of para-hydroxylation sites is 1. The Kier molecular flexibility index (Phi) is 4.20. The van der Waals surface area contributed by atoms with Gasteiger partial charge in [0.05, 0.1) is 12.1 Å². The van der Waals surface area contributed by atoms with E-state index in [1.165, 1.54) is 4.57 Å². The lowest BCUT2D eigenvalue weighted by molar-refractivity contribution is -0.146. The van der Waals surface area contributed by atoms with Crippen molar-refractivity contribution in [3.05, 3.63) is 46.2 Å². The number of nitrogens with two attached hydrogens (primary N) is 1. The first-order valence-corrected chi connectivity index (χ1v) is 6.60. The summed E-state index contributed by atoms with van der Waals surface area (Å²) in [6.45, 7) is 3.82. The Labute approximate surface area is 117 Å². The van der Waals surface area contributed by atoms with E-state index in [0.29, 0.717) is 11.1 Å². The highest BCUT2D eigenvalue weighted by Crippen LogP contribution is 2.18. The summed E-state index contributed by atoms with van der Waals surface area (Å²) in [4.78, 5) is 24.4. The second-order valence-electron chi connectivity index (χ2n) is 4.54. The van der Waals surface area contributed by atoms with Gasteiger partial charge in [0.1, 0.15) is 6.04 Å². The third-order valence-electron chi connectivity index (χ3n) is 3.25. The molecule has 2 rings (SSSR count). The summed E-state index contributed by atoms with van der Waals surface area (Å²) >= 11 is 0. The molecule has 20 heavy (non-hydrogen) atoms. The van der Waals surface area contributed by atoms with Crippen LogP contribution in [0, 0.1) is 0 Å². The lowest BCUT2D eigenvalue weighted by Crippen LogP contribution is -2.32. The predicted octanol–water partition coefficient (Wildman–Crippen LogP) is 1.58. The van der Waals surface area contributed by atoms with Gasteiger partial charge in [0.25, 0.3) is 5.56 Å². The van der Waals surface area contributed by atoms with Gasteiger partial charge in [-0.2, -0.15) is 0 Å². The Morgan fingerprint density at radius 3 is 2.75 bits per heavy atom. The number of rotatable bonds is 4. The van der Waals surface area contributed by atoms with Gasteiger partial charge < -0.3 is 10.5 Å². The zero-order valence-corrected chi connectivity index (χ0v) is 11.6. The molecule has 2 N–H and O–H groups in total. The third-order valence-corrected chi connectivity index (χ3v) is 3.25. The van der Waals surface area contributed by atoms with E-state index in [0.717, 1.165) is 5.39 Å². The van der Waals surface area contributed by atoms with E-state index < -0.39 is 12.0 Å². The first-order chi connectivity index (χ1) is 9.60. The number of nitrogens with zero attached hydrogens (tertiary/aromatic N) is 1. The summed E-state index contributed by atoms with van der Waals surface area (Å²) in [6, 6.07) is 8.50. The number of carbonyl (C=O) groups is 1. The van der Waals surface area contributed by atoms with Crippen molar-refractivity contribution in [2.24, 2.45) is 5.73 Å². The number of hydrogen-bond acceptors (Lipinski definition) is 4. The summed E-state index contributed by atoms with van der Waals surface area (Å²) < 4.78 is 6.46. The van der Waals surface area contributed by atoms with Crippen molar-refractivity contribution < 1.29 is 9.53 Å². The smallest absolute Gasteiger partial charge is 0.328 e. The van der Waals surface area contributed by atoms with E-state index >= 15 is 0 Å². The maximum Gasteiger partial charge on any atom is 0.328 e. The van der Waals surface area contributed by atoms with Crippen molar-refractivity contribution in [1.82, 2.24) is 4.57 Å². The number of fused-ring (bicyclic) bond motifs is 1. The molecule has 0 radical (unpaired) electrons. The lowest BCUT2D eigenvalue weighted by atomic mass is 10.1. The summed E-state index contributed by atoms with van der Waals surface area (Å²) in [5.74, 6) is -0.422. The van der Waals surface area contributed by atoms with E-state index in [9.17, 15) is 9.59 Å². The molecule has 0 saturated heterocycles. The zero-order chi connectivity index (χ0) is 14.7. The van der Waals surface area contributed by atoms with Crippen LogP contribution >= 0.6 is 0 Å². The van der Waals surface area contributed by atoms with Crippen molar-refractivity contribution in [2.45, 2.75) is 26.4 Å². The van der Waals surface area contributed by atoms with Gasteiger partial charge in [-0.15, -0.1) is 0 Å². The molecule has 0 fully saturated rings. The van der Waals surface area contributed by atoms with Crippen LogP contribution in [-0.4, -0.2) is 17.1 Å². The number of ether oxygens (including phenoxy) is 1. The molecule has 0 aliphatic heterocycles. The summed E-state index contributed by atoms with van der Waals surface area (Å²) in [5, 5.41) is 0.878. The maximum absolute atomic E-state index is 12.4. The molecule has 0 spiro atoms. The Morgan fingerprint density at radius 1 is 1.40 bits per heavy atom. The van der Waals surface area contributed by atoms with E-state index in [1.54, 1.807) is 19.9 Å². The summed E-state index contributed by atoms with van der Waals surface area (Å²) in [6.07, 6.45) is 0. The molecule has 0 aliphatic carbocycles. The highest BCUT2D eigenvalue weighted by Gasteiger charge is 2.20. The minimum absolute atomic E-state index is 0.138. The molecular formula is C15H18N2O3. The van der Waals surface area contributed by atoms with Gasteiger partial charge in [0.2, 0.25) is 0 Å². The standard InChI is InChI=1S/C15H18N2O3/c1-3-20-15(19)10(2)17-13-7-5-4-6-11(13)8-12(9-16)14(17)18/h4-8,10H,3,9,16H2,1-2H3. The monoisotopic (exact) mass is 274 g/mol. The van der Waals surface area contributed by atoms with Crippen LogP contribution in [0.25, 0.3) is 10.9 Å². The molecule has 0 saturated carbocycles. The lowest BCUT2D eigenvalue weighted by Gasteiger charge is -2.18. The molecule has 0 amide bonds. The largest absolute Gasteiger partial charge is 0.464 e. The summed E-state index contributed by atoms with van der Waals surface area (Å²) in [7, 11) is 0. The first-order valence-electron chi connectivity index (χ1n) is 6.60. The molecular weight excluding hydrogens is 256 g/mol. The van der Waals surface area contributed by atoms with Crippen LogP contribution in [-0.2, 0) is 16.1 Å². The molecule has 0 bridgehead atoms. The van der Waals surface area contributed by atoms with Crippen molar-refractivity contribution in [3.8, 4) is 0 Å². The average molecular weight is 274 g/mol. The Morgan fingerprint density at radius 2 is 2.10 bits per heavy atom. The molecule has 1 aromatic heterocycles. The predicted molar refractivity (Wildman–Crippen MR) is 77.4 cm³/mol. The van der Waals surface area contributed by atoms with E-state index in [-0.39, 0.29) is 18.7 Å². The fourth-order valence-electron chi connectivity index (χ4n) is 2.24. The van der Waals surface area contributed by atoms with Crippen molar-refractivity contribution in [1.29, 1.82) is 0 Å². The number of pyridine rings is 1. The van der Waals surface area contributed by atoms with Gasteiger partial charge in [-0.25, -0.2) is 4.79 Å². The molecule has 1 heterocycles. The number of esters is 1. The van der Waals surface area contributed by atoms with E-state index in [1.807, 2.05) is 24.3 Å². The van der Waals surface area contributed by atoms with Gasteiger partial charge in [0.15, 0.2) is 0 Å². The van der Waals surface area contributed by atoms with E-state index in [2.05, 4.69) is 0 Å². The van der Waals surface area contributed by atoms with E-state index in [4.69, 9.17) is 10.5 Å². The van der Waals surface area contributed by atoms with Gasteiger partial charge in [-0.1, -0.05) is 18.2 Å². The highest BCUT2D eigenvalue weighted by atomic mass is 16.5. The van der Waals surface area contributed by atoms with Crippen molar-refractivity contribution >= 4 is 16.9 Å². The van der Waals surface area contributed by atoms with Gasteiger partial charge >= 0.3 is 5.97 Å². The Bertz CT molecular complexity index is 691. The number of aromatic nitrogens is 1. The van der Waals surface area contributed by atoms with Gasteiger partial charge in [0, 0.05) is 12.1 Å². The molecule has 5 nitrogen and oxygen atoms in total. The molecule has 5 heteroatoms. The zero-order valence-electron chi connectivity index (χ0n) is 11.6. The first kappa shape index (κ1) is 14.3. The van der Waals surface area contributed by atoms with Crippen LogP contribution in [0.3, 0.4) is 0 Å². The SMILES string of the molecule is CCOC(=O)C(C)n1c(=O)c(CN)cc2ccccc21. The molecule has 2 aromatic rings. The van der Waals surface area contributed by atoms with Crippen LogP contribution in [0.15, 0.2) is 35.1 Å². The minimum Gasteiger partial charge on any atom is -0.464 e. The van der Waals surface area contributed by atoms with Crippen molar-refractivity contribution in [2.75, 3.05) is 6.61 Å². The molecule has 1 atom stereocenters. The fraction of sp³-hybridized carbons (Fsp3) is 0.333. The second-order valence-corrected chi connectivity index (χ2v) is 4.54. The Balaban J connectivity index is 2.69. The fourth-order valence-corrected chi connectivity index (χ4v) is 2.24. The Hall–Kier alpha value is -2.14. The van der Waals surface area contributed by atoms with Crippen molar-refractivity contribution in [3.63, 3.8) is 0 Å². The normalized spacial score (nSPS) is 12.3. The molecule has 106 valence electrons. The quantitative estimate of drug-likeness (QED) is 0.859. The highest BCUT2D eigenvalue weighted by molar-refractivity contribution is 5.82. The molecule has 1 aromatic carbocycles. The molecule has 0 aliphatic rings. The summed E-state index contributed by atoms with van der Waals surface area (Å²) in [5.41, 5.74) is 6.56. The maximum atomic E-state index is 12.4. The number of hydrogen-bond donors (Lipinski definition) is 1. The van der Waals surface area contributed by atoms with Gasteiger partial charge in [-0.05, 0) is 31.4 Å². The van der Waals surface area contributed by atoms with Crippen LogP contribution in [0.2, 0.25) is 0 Å². The van der Waals surface area contributed by atoms with Gasteiger partial charge in [-0.3, -0.25) is 9.36 Å². The number of benzene rings is 1. The topological polar surface area (TPSA) is 74.3 Å². The average Bonchev–Trinajstić information content (AvgIpc) is 2.46. The van der Waals surface area contributed by atoms with Crippen LogP contribution in [0.4, 0.5) is 0 Å². The number of carbonyl (C=O) groups excluding carboxylic acids is 1. The van der Waals surface area contributed by atoms with Crippen LogP contribution < -0.4 is 11.3 Å². The minimum atomic E-state index is -0.682. The third kappa shape index (κ3) is 2.44. The second kappa shape index (κ2) is 5.88.